The summed E-state index contributed by atoms with van der Waals surface area (Å²) in [6, 6.07) is 9.23. The van der Waals surface area contributed by atoms with Crippen molar-refractivity contribution in [3.8, 4) is 11.4 Å². The number of aromatic nitrogens is 2. The summed E-state index contributed by atoms with van der Waals surface area (Å²) in [4.78, 5) is 48.7. The van der Waals surface area contributed by atoms with Crippen molar-refractivity contribution in [2.24, 2.45) is 17.8 Å². The van der Waals surface area contributed by atoms with Crippen molar-refractivity contribution in [2.45, 2.75) is 110 Å². The summed E-state index contributed by atoms with van der Waals surface area (Å²) in [5.74, 6) is 1.17. The summed E-state index contributed by atoms with van der Waals surface area (Å²) >= 11 is 1.39. The second-order valence-corrected chi connectivity index (χ2v) is 15.7. The molecule has 5 rings (SSSR count). The van der Waals surface area contributed by atoms with Gasteiger partial charge in [-0.2, -0.15) is 0 Å². The van der Waals surface area contributed by atoms with Gasteiger partial charge in [-0.3, -0.25) is 14.4 Å². The van der Waals surface area contributed by atoms with E-state index in [0.717, 1.165) is 52.2 Å². The van der Waals surface area contributed by atoms with Crippen LogP contribution in [0.15, 0.2) is 54.9 Å². The Balaban J connectivity index is 1.22. The van der Waals surface area contributed by atoms with Gasteiger partial charge in [0.2, 0.25) is 5.91 Å². The molecule has 3 N–H and O–H groups in total. The molecule has 2 aliphatic rings. The molecule has 2 aromatic heterocycles. The van der Waals surface area contributed by atoms with Gasteiger partial charge in [0.25, 0.3) is 5.91 Å². The Bertz CT molecular complexity index is 1600. The molecule has 9 heteroatoms. The number of rotatable bonds is 11. The van der Waals surface area contributed by atoms with Crippen LogP contribution in [0.1, 0.15) is 112 Å². The van der Waals surface area contributed by atoms with Crippen molar-refractivity contribution in [1.29, 1.82) is 0 Å². The zero-order valence-corrected chi connectivity index (χ0v) is 29.7. The van der Waals surface area contributed by atoms with Gasteiger partial charge in [0, 0.05) is 34.8 Å². The van der Waals surface area contributed by atoms with Gasteiger partial charge in [0.05, 0.1) is 4.88 Å². The minimum Gasteiger partial charge on any atom is -0.480 e. The van der Waals surface area contributed by atoms with E-state index in [-0.39, 0.29) is 17.7 Å². The van der Waals surface area contributed by atoms with Gasteiger partial charge in [-0.15, -0.1) is 11.3 Å². The quantitative estimate of drug-likeness (QED) is 0.191. The molecule has 1 saturated carbocycles. The lowest BCUT2D eigenvalue weighted by Crippen LogP contribution is -2.51. The lowest BCUT2D eigenvalue weighted by atomic mass is 9.71. The van der Waals surface area contributed by atoms with Crippen LogP contribution in [0.25, 0.3) is 17.0 Å². The van der Waals surface area contributed by atoms with E-state index in [1.165, 1.54) is 62.4 Å². The van der Waals surface area contributed by atoms with Crippen molar-refractivity contribution in [3.63, 3.8) is 0 Å². The van der Waals surface area contributed by atoms with E-state index < -0.39 is 24.0 Å². The molecule has 0 radical (unpaired) electrons. The molecule has 2 heterocycles. The molecule has 2 amide bonds. The maximum Gasteiger partial charge on any atom is 0.325 e. The Kier molecular flexibility index (Phi) is 11.5. The highest BCUT2D eigenvalue weighted by atomic mass is 32.1. The number of allylic oxidation sites excluding steroid dienone is 2. The largest absolute Gasteiger partial charge is 0.480 e. The summed E-state index contributed by atoms with van der Waals surface area (Å²) < 4.78 is 0. The molecule has 0 spiro atoms. The van der Waals surface area contributed by atoms with Crippen molar-refractivity contribution < 1.29 is 19.5 Å². The minimum atomic E-state index is -1.15. The number of carbonyl (C=O) groups excluding carboxylic acids is 2. The third kappa shape index (κ3) is 8.98. The minimum absolute atomic E-state index is 0.105. The van der Waals surface area contributed by atoms with Gasteiger partial charge < -0.3 is 15.7 Å². The van der Waals surface area contributed by atoms with Crippen LogP contribution in [0, 0.1) is 17.8 Å². The van der Waals surface area contributed by atoms with E-state index in [1.807, 2.05) is 42.7 Å². The number of amides is 2. The molecular weight excluding hydrogens is 621 g/mol. The number of hydrogen-bond acceptors (Lipinski definition) is 6. The number of thiophene rings is 1. The van der Waals surface area contributed by atoms with Crippen LogP contribution in [-0.4, -0.2) is 44.9 Å². The summed E-state index contributed by atoms with van der Waals surface area (Å²) in [5, 5.41) is 14.7. The number of aliphatic carboxylic acids is 1. The summed E-state index contributed by atoms with van der Waals surface area (Å²) in [6.45, 7) is 9.96. The molecular formula is C39H50N4O4S. The lowest BCUT2D eigenvalue weighted by Gasteiger charge is -2.35. The first-order valence-electron chi connectivity index (χ1n) is 17.5. The lowest BCUT2D eigenvalue weighted by molar-refractivity contribution is -0.141. The first-order valence-corrected chi connectivity index (χ1v) is 18.3. The van der Waals surface area contributed by atoms with Crippen LogP contribution in [0.3, 0.4) is 0 Å². The Hall–Kier alpha value is -3.85. The third-order valence-electron chi connectivity index (χ3n) is 10.2. The molecule has 8 nitrogen and oxygen atoms in total. The summed E-state index contributed by atoms with van der Waals surface area (Å²) in [5.41, 5.74) is 3.99. The highest BCUT2D eigenvalue weighted by Crippen LogP contribution is 2.41. The number of nitrogens with one attached hydrogen (secondary N) is 2. The fourth-order valence-corrected chi connectivity index (χ4v) is 7.93. The van der Waals surface area contributed by atoms with E-state index in [4.69, 9.17) is 0 Å². The molecule has 1 fully saturated rings. The first-order chi connectivity index (χ1) is 22.9. The standard InChI is InChI=1S/C39H50N4O4S/c1-6-25-7-11-27(12-8-25)28-15-17-29(18-16-28)31-22-40-35(41-23-31)30-13-9-26(10-14-30)21-32(36(44)42-24(2)38(46)47)43-37(45)33-19-20-34(48-33)39(3,4)5/h9-10,13-14,17,19-20,22-25,27-28,32H,6-8,11-12,15-16,18,21H2,1-5H3,(H,42,44)(H,43,45)(H,46,47)/t24-,25-,27-,28?,32+/m1/s1. The highest BCUT2D eigenvalue weighted by molar-refractivity contribution is 7.14. The zero-order valence-electron chi connectivity index (χ0n) is 28.9. The zero-order chi connectivity index (χ0) is 34.4. The topological polar surface area (TPSA) is 121 Å². The molecule has 0 bridgehead atoms. The van der Waals surface area contributed by atoms with E-state index in [9.17, 15) is 19.5 Å². The second-order valence-electron chi connectivity index (χ2n) is 14.7. The van der Waals surface area contributed by atoms with Crippen LogP contribution >= 0.6 is 11.3 Å². The number of benzene rings is 1. The van der Waals surface area contributed by atoms with Crippen LogP contribution in [0.2, 0.25) is 0 Å². The molecule has 0 saturated heterocycles. The van der Waals surface area contributed by atoms with Crippen LogP contribution in [0.5, 0.6) is 0 Å². The Morgan fingerprint density at radius 2 is 1.60 bits per heavy atom. The normalized spacial score (nSPS) is 21.1. The molecule has 1 unspecified atom stereocenters. The first kappa shape index (κ1) is 35.5. The smallest absolute Gasteiger partial charge is 0.325 e. The molecule has 2 aliphatic carbocycles. The van der Waals surface area contributed by atoms with E-state index >= 15 is 0 Å². The van der Waals surface area contributed by atoms with Crippen LogP contribution in [0.4, 0.5) is 0 Å². The number of carboxylic acids is 1. The average molecular weight is 671 g/mol. The number of nitrogens with zero attached hydrogens (tertiary/aromatic N) is 2. The predicted octanol–water partition coefficient (Wildman–Crippen LogP) is 7.83. The Morgan fingerprint density at radius 1 is 0.917 bits per heavy atom. The molecule has 1 aromatic carbocycles. The predicted molar refractivity (Wildman–Crippen MR) is 192 cm³/mol. The number of carboxylic acid groups (broad SMARTS) is 1. The number of carbonyl (C=O) groups is 3. The van der Waals surface area contributed by atoms with Gasteiger partial charge in [0.1, 0.15) is 12.1 Å². The third-order valence-corrected chi connectivity index (χ3v) is 11.7. The fourth-order valence-electron chi connectivity index (χ4n) is 6.96. The highest BCUT2D eigenvalue weighted by Gasteiger charge is 2.29. The molecule has 3 atom stereocenters. The van der Waals surface area contributed by atoms with Gasteiger partial charge in [-0.05, 0) is 85.5 Å². The van der Waals surface area contributed by atoms with Crippen molar-refractivity contribution in [3.05, 3.63) is 75.7 Å². The maximum atomic E-state index is 13.2. The Labute approximate surface area is 288 Å². The molecule has 256 valence electrons. The van der Waals surface area contributed by atoms with Crippen molar-refractivity contribution >= 4 is 34.7 Å². The van der Waals surface area contributed by atoms with Gasteiger partial charge in [0.15, 0.2) is 5.82 Å². The second kappa shape index (κ2) is 15.6. The number of hydrogen-bond donors (Lipinski definition) is 3. The maximum absolute atomic E-state index is 13.2. The van der Waals surface area contributed by atoms with Crippen LogP contribution in [-0.2, 0) is 21.4 Å². The molecule has 48 heavy (non-hydrogen) atoms. The van der Waals surface area contributed by atoms with Crippen LogP contribution < -0.4 is 10.6 Å². The van der Waals surface area contributed by atoms with Gasteiger partial charge >= 0.3 is 5.97 Å². The van der Waals surface area contributed by atoms with Crippen molar-refractivity contribution in [1.82, 2.24) is 20.6 Å². The van der Waals surface area contributed by atoms with Crippen molar-refractivity contribution in [2.75, 3.05) is 0 Å². The SMILES string of the molecule is CC[C@H]1CC[C@H](C2CC=C(c3cnc(-c4ccc(C[C@H](NC(=O)c5ccc(C(C)(C)C)s5)C(=O)N[C@H](C)C(=O)O)cc4)nc3)CC2)CC1. The molecule has 0 aliphatic heterocycles. The average Bonchev–Trinajstić information content (AvgIpc) is 3.60. The summed E-state index contributed by atoms with van der Waals surface area (Å²) in [6.07, 6.45) is 16.8. The van der Waals surface area contributed by atoms with E-state index in [2.05, 4.69) is 54.4 Å². The van der Waals surface area contributed by atoms with Gasteiger partial charge in [-0.1, -0.05) is 77.3 Å². The Morgan fingerprint density at radius 3 is 2.17 bits per heavy atom. The monoisotopic (exact) mass is 670 g/mol. The molecule has 3 aromatic rings. The van der Waals surface area contributed by atoms with E-state index in [0.29, 0.717) is 10.7 Å². The fraction of sp³-hybridized carbons (Fsp3) is 0.513. The summed E-state index contributed by atoms with van der Waals surface area (Å²) in [7, 11) is 0. The van der Waals surface area contributed by atoms with E-state index in [1.54, 1.807) is 6.07 Å². The van der Waals surface area contributed by atoms with Gasteiger partial charge in [-0.25, -0.2) is 9.97 Å².